The standard InChI is InChI=1S/C19H19N3O5S/c1-24-12-8-9-16(26-3)14(10-12)20-17(23)11-28-19-22-21-18(27-19)13-6-4-5-7-15(13)25-2/h4-10H,11H2,1-3H3,(H,20,23). The van der Waals surface area contributed by atoms with Crippen molar-refractivity contribution in [3.63, 3.8) is 0 Å². The number of nitrogens with zero attached hydrogens (tertiary/aromatic N) is 2. The van der Waals surface area contributed by atoms with E-state index in [0.717, 1.165) is 11.8 Å². The molecule has 0 saturated heterocycles. The summed E-state index contributed by atoms with van der Waals surface area (Å²) in [7, 11) is 4.66. The van der Waals surface area contributed by atoms with Crippen LogP contribution in [-0.2, 0) is 4.79 Å². The van der Waals surface area contributed by atoms with Crippen LogP contribution < -0.4 is 19.5 Å². The fraction of sp³-hybridized carbons (Fsp3) is 0.211. The highest BCUT2D eigenvalue weighted by Gasteiger charge is 2.15. The molecule has 0 bridgehead atoms. The quantitative estimate of drug-likeness (QED) is 0.573. The van der Waals surface area contributed by atoms with Crippen LogP contribution in [0.25, 0.3) is 11.5 Å². The molecule has 0 radical (unpaired) electrons. The molecular formula is C19H19N3O5S. The first-order valence-electron chi connectivity index (χ1n) is 8.26. The Hall–Kier alpha value is -3.20. The van der Waals surface area contributed by atoms with Crippen LogP contribution in [0, 0.1) is 0 Å². The van der Waals surface area contributed by atoms with E-state index in [9.17, 15) is 4.79 Å². The van der Waals surface area contributed by atoms with Crippen molar-refractivity contribution < 1.29 is 23.4 Å². The number of para-hydroxylation sites is 1. The maximum atomic E-state index is 12.3. The van der Waals surface area contributed by atoms with Gasteiger partial charge < -0.3 is 23.9 Å². The van der Waals surface area contributed by atoms with Crippen LogP contribution in [0.1, 0.15) is 0 Å². The second kappa shape index (κ2) is 9.14. The van der Waals surface area contributed by atoms with Crippen molar-refractivity contribution in [1.29, 1.82) is 0 Å². The molecule has 0 unspecified atom stereocenters. The van der Waals surface area contributed by atoms with E-state index in [0.29, 0.717) is 34.4 Å². The first kappa shape index (κ1) is 19.6. The molecule has 0 saturated carbocycles. The molecule has 9 heteroatoms. The first-order valence-corrected chi connectivity index (χ1v) is 9.24. The summed E-state index contributed by atoms with van der Waals surface area (Å²) in [5.74, 6) is 1.96. The SMILES string of the molecule is COc1ccc(OC)c(NC(=O)CSc2nnc(-c3ccccc3OC)o2)c1. The van der Waals surface area contributed by atoms with Gasteiger partial charge in [0.05, 0.1) is 38.3 Å². The highest BCUT2D eigenvalue weighted by atomic mass is 32.2. The van der Waals surface area contributed by atoms with Gasteiger partial charge in [-0.15, -0.1) is 10.2 Å². The number of benzene rings is 2. The third-order valence-electron chi connectivity index (χ3n) is 3.75. The summed E-state index contributed by atoms with van der Waals surface area (Å²) in [6, 6.07) is 12.5. The Bertz CT molecular complexity index is 960. The van der Waals surface area contributed by atoms with Crippen LogP contribution in [0.5, 0.6) is 17.2 Å². The third-order valence-corrected chi connectivity index (χ3v) is 4.57. The Kier molecular flexibility index (Phi) is 6.38. The molecule has 1 heterocycles. The number of carbonyl (C=O) groups is 1. The van der Waals surface area contributed by atoms with Gasteiger partial charge in [-0.25, -0.2) is 0 Å². The van der Waals surface area contributed by atoms with E-state index in [2.05, 4.69) is 15.5 Å². The van der Waals surface area contributed by atoms with E-state index in [4.69, 9.17) is 18.6 Å². The molecule has 146 valence electrons. The van der Waals surface area contributed by atoms with Gasteiger partial charge in [-0.1, -0.05) is 23.9 Å². The zero-order chi connectivity index (χ0) is 19.9. The van der Waals surface area contributed by atoms with E-state index in [1.165, 1.54) is 7.11 Å². The fourth-order valence-corrected chi connectivity index (χ4v) is 2.99. The number of thioether (sulfide) groups is 1. The van der Waals surface area contributed by atoms with E-state index < -0.39 is 0 Å². The van der Waals surface area contributed by atoms with Crippen LogP contribution in [0.15, 0.2) is 52.1 Å². The van der Waals surface area contributed by atoms with Crippen LogP contribution >= 0.6 is 11.8 Å². The van der Waals surface area contributed by atoms with Crippen molar-refractivity contribution in [1.82, 2.24) is 10.2 Å². The van der Waals surface area contributed by atoms with Gasteiger partial charge in [0, 0.05) is 6.07 Å². The van der Waals surface area contributed by atoms with Gasteiger partial charge in [-0.05, 0) is 24.3 Å². The third kappa shape index (κ3) is 4.55. The van der Waals surface area contributed by atoms with E-state index in [1.54, 1.807) is 38.5 Å². The number of anilines is 1. The zero-order valence-corrected chi connectivity index (χ0v) is 16.4. The number of nitrogens with one attached hydrogen (secondary N) is 1. The van der Waals surface area contributed by atoms with Crippen molar-refractivity contribution >= 4 is 23.4 Å². The number of rotatable bonds is 8. The molecule has 3 aromatic rings. The van der Waals surface area contributed by atoms with E-state index in [1.807, 2.05) is 18.2 Å². The molecule has 0 spiro atoms. The van der Waals surface area contributed by atoms with Crippen molar-refractivity contribution in [2.45, 2.75) is 5.22 Å². The van der Waals surface area contributed by atoms with E-state index >= 15 is 0 Å². The molecule has 8 nitrogen and oxygen atoms in total. The fourth-order valence-electron chi connectivity index (χ4n) is 2.42. The summed E-state index contributed by atoms with van der Waals surface area (Å²) < 4.78 is 21.3. The predicted molar refractivity (Wildman–Crippen MR) is 105 cm³/mol. The summed E-state index contributed by atoms with van der Waals surface area (Å²) in [6.07, 6.45) is 0. The highest BCUT2D eigenvalue weighted by molar-refractivity contribution is 7.99. The number of hydrogen-bond acceptors (Lipinski definition) is 8. The second-order valence-corrected chi connectivity index (χ2v) is 6.40. The number of methoxy groups -OCH3 is 3. The molecule has 0 aliphatic heterocycles. The van der Waals surface area contributed by atoms with Gasteiger partial charge in [-0.3, -0.25) is 4.79 Å². The predicted octanol–water partition coefficient (Wildman–Crippen LogP) is 3.49. The number of carbonyl (C=O) groups excluding carboxylic acids is 1. The number of ether oxygens (including phenoxy) is 3. The minimum Gasteiger partial charge on any atom is -0.497 e. The average molecular weight is 401 g/mol. The molecule has 3 rings (SSSR count). The lowest BCUT2D eigenvalue weighted by molar-refractivity contribution is -0.113. The van der Waals surface area contributed by atoms with Crippen LogP contribution in [-0.4, -0.2) is 43.2 Å². The van der Waals surface area contributed by atoms with Crippen LogP contribution in [0.2, 0.25) is 0 Å². The Labute approximate surface area is 166 Å². The maximum absolute atomic E-state index is 12.3. The molecule has 0 aliphatic rings. The van der Waals surface area contributed by atoms with Crippen molar-refractivity contribution in [3.8, 4) is 28.7 Å². The summed E-state index contributed by atoms with van der Waals surface area (Å²) in [5.41, 5.74) is 1.21. The summed E-state index contributed by atoms with van der Waals surface area (Å²) in [4.78, 5) is 12.3. The Morgan fingerprint density at radius 2 is 1.82 bits per heavy atom. The van der Waals surface area contributed by atoms with Gasteiger partial charge in [0.15, 0.2) is 0 Å². The molecule has 0 atom stereocenters. The Morgan fingerprint density at radius 1 is 1.04 bits per heavy atom. The molecular weight excluding hydrogens is 382 g/mol. The average Bonchev–Trinajstić information content (AvgIpc) is 3.21. The number of hydrogen-bond donors (Lipinski definition) is 1. The second-order valence-electron chi connectivity index (χ2n) is 5.48. The molecule has 28 heavy (non-hydrogen) atoms. The Morgan fingerprint density at radius 3 is 2.57 bits per heavy atom. The largest absolute Gasteiger partial charge is 0.497 e. The van der Waals surface area contributed by atoms with Gasteiger partial charge in [-0.2, -0.15) is 0 Å². The summed E-state index contributed by atoms with van der Waals surface area (Å²) >= 11 is 1.13. The van der Waals surface area contributed by atoms with Crippen molar-refractivity contribution in [2.24, 2.45) is 0 Å². The molecule has 1 amide bonds. The summed E-state index contributed by atoms with van der Waals surface area (Å²) in [6.45, 7) is 0. The molecule has 0 aliphatic carbocycles. The minimum absolute atomic E-state index is 0.0912. The molecule has 1 aromatic heterocycles. The van der Waals surface area contributed by atoms with Gasteiger partial charge >= 0.3 is 0 Å². The van der Waals surface area contributed by atoms with Crippen molar-refractivity contribution in [2.75, 3.05) is 32.4 Å². The molecule has 1 N–H and O–H groups in total. The molecule has 2 aromatic carbocycles. The Balaban J connectivity index is 1.64. The zero-order valence-electron chi connectivity index (χ0n) is 15.6. The van der Waals surface area contributed by atoms with Gasteiger partial charge in [0.1, 0.15) is 17.2 Å². The minimum atomic E-state index is -0.242. The lowest BCUT2D eigenvalue weighted by Crippen LogP contribution is -2.14. The first-order chi connectivity index (χ1) is 13.6. The summed E-state index contributed by atoms with van der Waals surface area (Å²) in [5, 5.41) is 11.1. The van der Waals surface area contributed by atoms with E-state index in [-0.39, 0.29) is 16.9 Å². The van der Waals surface area contributed by atoms with Gasteiger partial charge in [0.2, 0.25) is 5.91 Å². The smallest absolute Gasteiger partial charge is 0.277 e. The monoisotopic (exact) mass is 401 g/mol. The van der Waals surface area contributed by atoms with Crippen LogP contribution in [0.4, 0.5) is 5.69 Å². The van der Waals surface area contributed by atoms with Crippen LogP contribution in [0.3, 0.4) is 0 Å². The number of aromatic nitrogens is 2. The number of amides is 1. The normalized spacial score (nSPS) is 10.4. The highest BCUT2D eigenvalue weighted by Crippen LogP contribution is 2.31. The maximum Gasteiger partial charge on any atom is 0.277 e. The lowest BCUT2D eigenvalue weighted by atomic mass is 10.2. The van der Waals surface area contributed by atoms with Gasteiger partial charge in [0.25, 0.3) is 11.1 Å². The topological polar surface area (TPSA) is 95.7 Å². The molecule has 0 fully saturated rings. The van der Waals surface area contributed by atoms with Crippen molar-refractivity contribution in [3.05, 3.63) is 42.5 Å². The lowest BCUT2D eigenvalue weighted by Gasteiger charge is -2.11.